The van der Waals surface area contributed by atoms with Gasteiger partial charge in [-0.2, -0.15) is 0 Å². The van der Waals surface area contributed by atoms with Gasteiger partial charge in [-0.25, -0.2) is 0 Å². The highest BCUT2D eigenvalue weighted by atomic mass is 16.5. The van der Waals surface area contributed by atoms with Crippen LogP contribution in [0.25, 0.3) is 0 Å². The van der Waals surface area contributed by atoms with Gasteiger partial charge in [0.2, 0.25) is 0 Å². The zero-order valence-corrected chi connectivity index (χ0v) is 17.5. The third-order valence-electron chi connectivity index (χ3n) is 4.44. The number of aryl methyl sites for hydroxylation is 1. The van der Waals surface area contributed by atoms with Crippen molar-refractivity contribution in [3.8, 4) is 11.5 Å². The monoisotopic (exact) mass is 418 g/mol. The molecule has 6 nitrogen and oxygen atoms in total. The molecule has 0 aliphatic rings. The van der Waals surface area contributed by atoms with Gasteiger partial charge in [0.25, 0.3) is 11.8 Å². The second-order valence-electron chi connectivity index (χ2n) is 7.00. The lowest BCUT2D eigenvalue weighted by Gasteiger charge is -2.10. The summed E-state index contributed by atoms with van der Waals surface area (Å²) < 4.78 is 11.1. The summed E-state index contributed by atoms with van der Waals surface area (Å²) in [5.74, 6) is 0.769. The Balaban J connectivity index is 1.38. The summed E-state index contributed by atoms with van der Waals surface area (Å²) in [6, 6.07) is 24.2. The van der Waals surface area contributed by atoms with Gasteiger partial charge in [0.15, 0.2) is 6.61 Å². The number of rotatable bonds is 10. The minimum absolute atomic E-state index is 0.139. The first-order valence-corrected chi connectivity index (χ1v) is 10.1. The van der Waals surface area contributed by atoms with E-state index in [2.05, 4.69) is 10.6 Å². The van der Waals surface area contributed by atoms with Crippen LogP contribution in [-0.4, -0.2) is 31.6 Å². The third kappa shape index (κ3) is 7.51. The van der Waals surface area contributed by atoms with Crippen LogP contribution in [-0.2, 0) is 11.3 Å². The smallest absolute Gasteiger partial charge is 0.258 e. The zero-order valence-electron chi connectivity index (χ0n) is 17.5. The summed E-state index contributed by atoms with van der Waals surface area (Å²) >= 11 is 0. The molecule has 0 fully saturated rings. The molecule has 0 aliphatic carbocycles. The Labute approximate surface area is 182 Å². The molecular weight excluding hydrogens is 392 g/mol. The number of carbonyl (C=O) groups is 2. The molecule has 0 atom stereocenters. The zero-order chi connectivity index (χ0) is 21.9. The molecule has 2 N–H and O–H groups in total. The lowest BCUT2D eigenvalue weighted by atomic mass is 10.2. The van der Waals surface area contributed by atoms with Gasteiger partial charge in [0, 0.05) is 12.1 Å². The van der Waals surface area contributed by atoms with Crippen molar-refractivity contribution in [2.75, 3.05) is 19.8 Å². The van der Waals surface area contributed by atoms with Crippen LogP contribution >= 0.6 is 0 Å². The van der Waals surface area contributed by atoms with Crippen molar-refractivity contribution in [3.63, 3.8) is 0 Å². The Hall–Kier alpha value is -3.80. The Bertz CT molecular complexity index is 1010. The molecule has 0 saturated carbocycles. The summed E-state index contributed by atoms with van der Waals surface area (Å²) in [5.41, 5.74) is 2.61. The van der Waals surface area contributed by atoms with Gasteiger partial charge >= 0.3 is 0 Å². The average Bonchev–Trinajstić information content (AvgIpc) is 2.80. The molecular formula is C25H26N2O4. The maximum absolute atomic E-state index is 12.4. The number of ether oxygens (including phenoxy) is 2. The largest absolute Gasteiger partial charge is 0.492 e. The van der Waals surface area contributed by atoms with Crippen LogP contribution in [0, 0.1) is 6.92 Å². The minimum atomic E-state index is -0.258. The van der Waals surface area contributed by atoms with Crippen molar-refractivity contribution >= 4 is 11.8 Å². The molecule has 3 rings (SSSR count). The van der Waals surface area contributed by atoms with E-state index >= 15 is 0 Å². The molecule has 3 aromatic carbocycles. The van der Waals surface area contributed by atoms with Gasteiger partial charge in [-0.3, -0.25) is 9.59 Å². The highest BCUT2D eigenvalue weighted by Gasteiger charge is 2.08. The quantitative estimate of drug-likeness (QED) is 0.494. The predicted octanol–water partition coefficient (Wildman–Crippen LogP) is 3.50. The molecule has 0 bridgehead atoms. The van der Waals surface area contributed by atoms with Crippen molar-refractivity contribution in [1.29, 1.82) is 0 Å². The first-order chi connectivity index (χ1) is 15.1. The van der Waals surface area contributed by atoms with Gasteiger partial charge in [0.05, 0.1) is 6.54 Å². The molecule has 31 heavy (non-hydrogen) atoms. The molecule has 2 amide bonds. The lowest BCUT2D eigenvalue weighted by molar-refractivity contribution is -0.123. The summed E-state index contributed by atoms with van der Waals surface area (Å²) in [4.78, 5) is 24.3. The van der Waals surface area contributed by atoms with Crippen molar-refractivity contribution in [2.45, 2.75) is 13.5 Å². The van der Waals surface area contributed by atoms with Gasteiger partial charge in [0.1, 0.15) is 18.1 Å². The van der Waals surface area contributed by atoms with E-state index in [0.717, 1.165) is 16.9 Å². The van der Waals surface area contributed by atoms with Gasteiger partial charge in [-0.1, -0.05) is 48.5 Å². The molecule has 3 aromatic rings. The highest BCUT2D eigenvalue weighted by Crippen LogP contribution is 2.14. The van der Waals surface area contributed by atoms with Crippen molar-refractivity contribution in [1.82, 2.24) is 10.6 Å². The van der Waals surface area contributed by atoms with Crippen LogP contribution < -0.4 is 20.1 Å². The van der Waals surface area contributed by atoms with Gasteiger partial charge in [-0.05, 0) is 48.4 Å². The SMILES string of the molecule is Cc1cccc(OCCNC(=O)COc2cccc(C(=O)NCc3ccccc3)c2)c1. The van der Waals surface area contributed by atoms with E-state index in [-0.39, 0.29) is 18.4 Å². The Morgan fingerprint density at radius 3 is 2.32 bits per heavy atom. The second-order valence-corrected chi connectivity index (χ2v) is 7.00. The van der Waals surface area contributed by atoms with E-state index < -0.39 is 0 Å². The van der Waals surface area contributed by atoms with Crippen LogP contribution in [0.2, 0.25) is 0 Å². The van der Waals surface area contributed by atoms with E-state index in [0.29, 0.717) is 31.0 Å². The topological polar surface area (TPSA) is 76.7 Å². The second kappa shape index (κ2) is 11.4. The normalized spacial score (nSPS) is 10.2. The van der Waals surface area contributed by atoms with Crippen LogP contribution in [0.1, 0.15) is 21.5 Å². The number of benzene rings is 3. The molecule has 160 valence electrons. The van der Waals surface area contributed by atoms with Crippen LogP contribution in [0.15, 0.2) is 78.9 Å². The van der Waals surface area contributed by atoms with E-state index in [1.54, 1.807) is 24.3 Å². The maximum Gasteiger partial charge on any atom is 0.258 e. The fourth-order valence-electron chi connectivity index (χ4n) is 2.87. The predicted molar refractivity (Wildman–Crippen MR) is 119 cm³/mol. The van der Waals surface area contributed by atoms with E-state index in [1.807, 2.05) is 61.5 Å². The van der Waals surface area contributed by atoms with Crippen molar-refractivity contribution in [3.05, 3.63) is 95.6 Å². The van der Waals surface area contributed by atoms with Gasteiger partial charge < -0.3 is 20.1 Å². The molecule has 6 heteroatoms. The van der Waals surface area contributed by atoms with Crippen molar-refractivity contribution in [2.24, 2.45) is 0 Å². The Kier molecular flexibility index (Phi) is 8.05. The summed E-state index contributed by atoms with van der Waals surface area (Å²) in [5, 5.41) is 5.62. The molecule has 0 aliphatic heterocycles. The van der Waals surface area contributed by atoms with Crippen molar-refractivity contribution < 1.29 is 19.1 Å². The Morgan fingerprint density at radius 1 is 0.806 bits per heavy atom. The molecule has 0 radical (unpaired) electrons. The van der Waals surface area contributed by atoms with Crippen LogP contribution in [0.3, 0.4) is 0 Å². The van der Waals surface area contributed by atoms with E-state index in [4.69, 9.17) is 9.47 Å². The number of nitrogens with one attached hydrogen (secondary N) is 2. The van der Waals surface area contributed by atoms with E-state index in [1.165, 1.54) is 0 Å². The average molecular weight is 418 g/mol. The summed E-state index contributed by atoms with van der Waals surface area (Å²) in [7, 11) is 0. The highest BCUT2D eigenvalue weighted by molar-refractivity contribution is 5.94. The lowest BCUT2D eigenvalue weighted by Crippen LogP contribution is -2.32. The standard InChI is InChI=1S/C25H26N2O4/c1-19-7-5-11-22(15-19)30-14-13-26-24(28)18-31-23-12-6-10-21(16-23)25(29)27-17-20-8-3-2-4-9-20/h2-12,15-16H,13-14,17-18H2,1H3,(H,26,28)(H,27,29). The van der Waals surface area contributed by atoms with Crippen LogP contribution in [0.5, 0.6) is 11.5 Å². The third-order valence-corrected chi connectivity index (χ3v) is 4.44. The molecule has 0 heterocycles. The number of amides is 2. The fraction of sp³-hybridized carbons (Fsp3) is 0.200. The molecule has 0 spiro atoms. The molecule has 0 aromatic heterocycles. The first-order valence-electron chi connectivity index (χ1n) is 10.1. The molecule has 0 saturated heterocycles. The number of hydrogen-bond acceptors (Lipinski definition) is 4. The minimum Gasteiger partial charge on any atom is -0.492 e. The number of hydrogen-bond donors (Lipinski definition) is 2. The van der Waals surface area contributed by atoms with E-state index in [9.17, 15) is 9.59 Å². The Morgan fingerprint density at radius 2 is 1.55 bits per heavy atom. The summed E-state index contributed by atoms with van der Waals surface area (Å²) in [6.45, 7) is 3.04. The van der Waals surface area contributed by atoms with Crippen LogP contribution in [0.4, 0.5) is 0 Å². The number of carbonyl (C=O) groups excluding carboxylic acids is 2. The fourth-order valence-corrected chi connectivity index (χ4v) is 2.87. The first kappa shape index (κ1) is 21.9. The summed E-state index contributed by atoms with van der Waals surface area (Å²) in [6.07, 6.45) is 0. The maximum atomic E-state index is 12.4. The molecule has 0 unspecified atom stereocenters. The van der Waals surface area contributed by atoms with Gasteiger partial charge in [-0.15, -0.1) is 0 Å².